The van der Waals surface area contributed by atoms with Crippen molar-refractivity contribution in [1.29, 1.82) is 0 Å². The van der Waals surface area contributed by atoms with E-state index in [1.807, 2.05) is 60.9 Å². The maximum absolute atomic E-state index is 13.0. The summed E-state index contributed by atoms with van der Waals surface area (Å²) in [5.41, 5.74) is 1.22. The normalized spacial score (nSPS) is 11.6. The van der Waals surface area contributed by atoms with Crippen LogP contribution in [0.5, 0.6) is 0 Å². The van der Waals surface area contributed by atoms with Crippen LogP contribution in [0.1, 0.15) is 0 Å². The van der Waals surface area contributed by atoms with Gasteiger partial charge in [-0.2, -0.15) is 0 Å². The Morgan fingerprint density at radius 2 is 1.42 bits per heavy atom. The van der Waals surface area contributed by atoms with E-state index in [0.29, 0.717) is 16.9 Å². The fourth-order valence-electron chi connectivity index (χ4n) is 3.25. The van der Waals surface area contributed by atoms with Crippen LogP contribution in [0, 0.1) is 0 Å². The third-order valence-electron chi connectivity index (χ3n) is 4.79. The van der Waals surface area contributed by atoms with Gasteiger partial charge in [-0.05, 0) is 46.8 Å². The first-order valence-corrected chi connectivity index (χ1v) is 11.6. The van der Waals surface area contributed by atoms with Crippen molar-refractivity contribution in [2.24, 2.45) is 0 Å². The lowest BCUT2D eigenvalue weighted by Gasteiger charge is -2.16. The highest BCUT2D eigenvalue weighted by molar-refractivity contribution is 9.10. The van der Waals surface area contributed by atoms with Crippen LogP contribution >= 0.6 is 15.9 Å². The molecular formula is C23H15BrN4O2S. The molecular weight excluding hydrogens is 476 g/mol. The molecule has 31 heavy (non-hydrogen) atoms. The van der Waals surface area contributed by atoms with Gasteiger partial charge < -0.3 is 9.71 Å². The maximum atomic E-state index is 13.0. The van der Waals surface area contributed by atoms with E-state index in [2.05, 4.69) is 30.6 Å². The van der Waals surface area contributed by atoms with Crippen LogP contribution in [0.2, 0.25) is 0 Å². The summed E-state index contributed by atoms with van der Waals surface area (Å²) in [4.78, 5) is 9.28. The first-order chi connectivity index (χ1) is 15.0. The minimum Gasteiger partial charge on any atom is -0.425 e. The number of para-hydroxylation sites is 2. The fourth-order valence-corrected chi connectivity index (χ4v) is 4.45. The predicted octanol–water partition coefficient (Wildman–Crippen LogP) is 5.22. The number of hydrogen-bond acceptors (Lipinski definition) is 4. The second-order valence-electron chi connectivity index (χ2n) is 6.86. The van der Waals surface area contributed by atoms with Crippen molar-refractivity contribution in [2.75, 3.05) is 0 Å². The third kappa shape index (κ3) is 3.87. The average molecular weight is 491 g/mol. The lowest BCUT2D eigenvalue weighted by molar-refractivity contribution is -0.597. The highest BCUT2D eigenvalue weighted by atomic mass is 79.9. The molecule has 5 aromatic rings. The molecule has 0 aliphatic rings. The molecule has 0 saturated carbocycles. The molecule has 6 nitrogen and oxygen atoms in total. The minimum atomic E-state index is -3.98. The maximum Gasteiger partial charge on any atom is 0.327 e. The minimum absolute atomic E-state index is 0.0295. The molecule has 8 heteroatoms. The van der Waals surface area contributed by atoms with Crippen molar-refractivity contribution in [2.45, 2.75) is 4.90 Å². The van der Waals surface area contributed by atoms with Crippen LogP contribution in [0.4, 0.5) is 5.82 Å². The van der Waals surface area contributed by atoms with Crippen LogP contribution in [0.15, 0.2) is 101 Å². The van der Waals surface area contributed by atoms with Gasteiger partial charge in [0.15, 0.2) is 5.52 Å². The van der Waals surface area contributed by atoms with Gasteiger partial charge in [-0.15, -0.1) is 0 Å². The van der Waals surface area contributed by atoms with E-state index < -0.39 is 10.0 Å². The van der Waals surface area contributed by atoms with E-state index in [9.17, 15) is 8.42 Å². The standard InChI is InChI=1S/C23H15BrN4O2S/c24-18-9-11-19(12-10-18)31(29,30)27-22-23(26-21-8-4-3-7-20(21)25-22)28-14-13-16-5-1-2-6-17(16)15-28/h1-15H. The second kappa shape index (κ2) is 7.72. The molecule has 0 spiro atoms. The number of benzene rings is 3. The van der Waals surface area contributed by atoms with Crippen LogP contribution in [0.25, 0.3) is 32.3 Å². The second-order valence-corrected chi connectivity index (χ2v) is 9.38. The lowest BCUT2D eigenvalue weighted by Crippen LogP contribution is -2.31. The first kappa shape index (κ1) is 19.6. The summed E-state index contributed by atoms with van der Waals surface area (Å²) in [5.74, 6) is 0.368. The lowest BCUT2D eigenvalue weighted by atomic mass is 10.2. The van der Waals surface area contributed by atoms with Crippen molar-refractivity contribution in [3.05, 3.63) is 100 Å². The molecule has 0 aliphatic heterocycles. The number of pyridine rings is 1. The SMILES string of the molecule is O=S(=O)([N-]c1nc2ccccc2nc1-[n+]1ccc2ccccc2c1)c1ccc(Br)cc1. The van der Waals surface area contributed by atoms with Gasteiger partial charge in [0.05, 0.1) is 11.1 Å². The molecule has 0 saturated heterocycles. The summed E-state index contributed by atoms with van der Waals surface area (Å²) >= 11 is 3.32. The highest BCUT2D eigenvalue weighted by Gasteiger charge is 2.18. The van der Waals surface area contributed by atoms with Gasteiger partial charge in [0.25, 0.3) is 0 Å². The van der Waals surface area contributed by atoms with E-state index in [1.54, 1.807) is 22.8 Å². The molecule has 0 fully saturated rings. The van der Waals surface area contributed by atoms with Crippen LogP contribution in [0.3, 0.4) is 0 Å². The number of rotatable bonds is 4. The molecule has 0 amide bonds. The van der Waals surface area contributed by atoms with Crippen molar-refractivity contribution in [1.82, 2.24) is 9.97 Å². The molecule has 0 radical (unpaired) electrons. The first-order valence-electron chi connectivity index (χ1n) is 9.40. The molecule has 3 aromatic carbocycles. The number of nitrogens with zero attached hydrogens (tertiary/aromatic N) is 4. The Bertz CT molecular complexity index is 1540. The summed E-state index contributed by atoms with van der Waals surface area (Å²) in [6.07, 6.45) is 3.71. The van der Waals surface area contributed by atoms with Crippen molar-refractivity contribution in [3.63, 3.8) is 0 Å². The van der Waals surface area contributed by atoms with E-state index in [1.165, 1.54) is 12.1 Å². The van der Waals surface area contributed by atoms with Gasteiger partial charge in [-0.3, -0.25) is 0 Å². The van der Waals surface area contributed by atoms with E-state index in [-0.39, 0.29) is 10.7 Å². The van der Waals surface area contributed by atoms with Gasteiger partial charge in [-0.1, -0.05) is 58.4 Å². The summed E-state index contributed by atoms with van der Waals surface area (Å²) in [6.45, 7) is 0. The molecule has 0 N–H and O–H groups in total. The Balaban J connectivity index is 1.68. The quantitative estimate of drug-likeness (QED) is 0.323. The number of fused-ring (bicyclic) bond motifs is 2. The Hall–Kier alpha value is -3.36. The molecule has 0 unspecified atom stereocenters. The molecule has 0 atom stereocenters. The molecule has 5 rings (SSSR count). The van der Waals surface area contributed by atoms with E-state index in [4.69, 9.17) is 0 Å². The van der Waals surface area contributed by atoms with Crippen LogP contribution in [-0.4, -0.2) is 18.4 Å². The smallest absolute Gasteiger partial charge is 0.327 e. The molecule has 0 aliphatic carbocycles. The Labute approximate surface area is 187 Å². The zero-order chi connectivity index (χ0) is 21.4. The summed E-state index contributed by atoms with van der Waals surface area (Å²) in [7, 11) is -3.98. The zero-order valence-corrected chi connectivity index (χ0v) is 18.5. The summed E-state index contributed by atoms with van der Waals surface area (Å²) < 4.78 is 32.6. The number of aromatic nitrogens is 3. The molecule has 2 heterocycles. The largest absolute Gasteiger partial charge is 0.425 e. The number of hydrogen-bond donors (Lipinski definition) is 0. The zero-order valence-electron chi connectivity index (χ0n) is 16.1. The Morgan fingerprint density at radius 1 is 0.774 bits per heavy atom. The number of halogens is 1. The van der Waals surface area contributed by atoms with Crippen molar-refractivity contribution in [3.8, 4) is 5.82 Å². The van der Waals surface area contributed by atoms with Gasteiger partial charge in [0, 0.05) is 21.2 Å². The van der Waals surface area contributed by atoms with E-state index >= 15 is 0 Å². The van der Waals surface area contributed by atoms with Gasteiger partial charge in [0.2, 0.25) is 10.0 Å². The fraction of sp³-hybridized carbons (Fsp3) is 0. The summed E-state index contributed by atoms with van der Waals surface area (Å²) in [5, 5.41) is 2.05. The van der Waals surface area contributed by atoms with Gasteiger partial charge >= 0.3 is 5.82 Å². The van der Waals surface area contributed by atoms with E-state index in [0.717, 1.165) is 15.2 Å². The third-order valence-corrected chi connectivity index (χ3v) is 6.60. The van der Waals surface area contributed by atoms with Crippen LogP contribution in [-0.2, 0) is 10.0 Å². The topological polar surface area (TPSA) is 77.9 Å². The monoisotopic (exact) mass is 490 g/mol. The Morgan fingerprint density at radius 3 is 2.16 bits per heavy atom. The van der Waals surface area contributed by atoms with Gasteiger partial charge in [-0.25, -0.2) is 13.0 Å². The molecule has 0 bridgehead atoms. The predicted molar refractivity (Wildman–Crippen MR) is 123 cm³/mol. The molecule has 152 valence electrons. The summed E-state index contributed by atoms with van der Waals surface area (Å²) in [6, 6.07) is 23.5. The van der Waals surface area contributed by atoms with Crippen LogP contribution < -0.4 is 4.57 Å². The molecule has 2 aromatic heterocycles. The number of sulfonamides is 1. The highest BCUT2D eigenvalue weighted by Crippen LogP contribution is 2.31. The van der Waals surface area contributed by atoms with Gasteiger partial charge in [0.1, 0.15) is 6.20 Å². The van der Waals surface area contributed by atoms with Crippen molar-refractivity contribution >= 4 is 53.6 Å². The average Bonchev–Trinajstić information content (AvgIpc) is 2.78. The van der Waals surface area contributed by atoms with Crippen molar-refractivity contribution < 1.29 is 13.0 Å². The Kier molecular flexibility index (Phi) is 4.88.